The van der Waals surface area contributed by atoms with Crippen LogP contribution in [0.1, 0.15) is 36.9 Å². The fourth-order valence-corrected chi connectivity index (χ4v) is 1.85. The van der Waals surface area contributed by atoms with Gasteiger partial charge in [0.2, 0.25) is 0 Å². The van der Waals surface area contributed by atoms with Gasteiger partial charge in [-0.2, -0.15) is 0 Å². The minimum Gasteiger partial charge on any atom is -0.493 e. The molecule has 2 heteroatoms. The van der Waals surface area contributed by atoms with E-state index in [2.05, 4.69) is 25.1 Å². The van der Waals surface area contributed by atoms with Crippen LogP contribution in [0.5, 0.6) is 5.75 Å². The lowest BCUT2D eigenvalue weighted by atomic mass is 9.99. The maximum absolute atomic E-state index is 5.99. The van der Waals surface area contributed by atoms with E-state index in [-0.39, 0.29) is 6.04 Å². The highest BCUT2D eigenvalue weighted by molar-refractivity contribution is 5.39. The minimum atomic E-state index is 0.169. The molecule has 0 saturated heterocycles. The van der Waals surface area contributed by atoms with Gasteiger partial charge < -0.3 is 10.5 Å². The molecular weight excluding hydrogens is 174 g/mol. The van der Waals surface area contributed by atoms with Crippen molar-refractivity contribution in [3.05, 3.63) is 29.3 Å². The van der Waals surface area contributed by atoms with E-state index in [1.165, 1.54) is 11.1 Å². The van der Waals surface area contributed by atoms with Gasteiger partial charge in [-0.15, -0.1) is 0 Å². The molecule has 1 heterocycles. The fraction of sp³-hybridized carbons (Fsp3) is 0.500. The first-order valence-corrected chi connectivity index (χ1v) is 5.32. The molecule has 1 atom stereocenters. The summed E-state index contributed by atoms with van der Waals surface area (Å²) in [4.78, 5) is 0. The van der Waals surface area contributed by atoms with Crippen molar-refractivity contribution in [3.8, 4) is 5.75 Å². The molecule has 1 aliphatic heterocycles. The first kappa shape index (κ1) is 9.53. The highest BCUT2D eigenvalue weighted by atomic mass is 16.5. The normalized spacial score (nSPS) is 17.0. The van der Waals surface area contributed by atoms with Crippen molar-refractivity contribution in [2.24, 2.45) is 5.73 Å². The van der Waals surface area contributed by atoms with Crippen molar-refractivity contribution < 1.29 is 4.74 Å². The Morgan fingerprint density at radius 3 is 3.14 bits per heavy atom. The summed E-state index contributed by atoms with van der Waals surface area (Å²) < 4.78 is 5.55. The third-order valence-electron chi connectivity index (χ3n) is 2.80. The maximum Gasteiger partial charge on any atom is 0.122 e. The lowest BCUT2D eigenvalue weighted by Gasteiger charge is -2.19. The smallest absolute Gasteiger partial charge is 0.122 e. The average Bonchev–Trinajstić information content (AvgIpc) is 2.27. The minimum absolute atomic E-state index is 0.169. The van der Waals surface area contributed by atoms with Gasteiger partial charge in [0.15, 0.2) is 0 Å². The Labute approximate surface area is 85.1 Å². The molecule has 14 heavy (non-hydrogen) atoms. The quantitative estimate of drug-likeness (QED) is 0.779. The van der Waals surface area contributed by atoms with E-state index >= 15 is 0 Å². The van der Waals surface area contributed by atoms with Gasteiger partial charge in [0, 0.05) is 6.04 Å². The summed E-state index contributed by atoms with van der Waals surface area (Å²) in [7, 11) is 0. The molecule has 0 fully saturated rings. The van der Waals surface area contributed by atoms with Gasteiger partial charge in [0.25, 0.3) is 0 Å². The molecule has 2 rings (SSSR count). The average molecular weight is 191 g/mol. The number of benzene rings is 1. The molecule has 1 unspecified atom stereocenters. The molecule has 2 N–H and O–H groups in total. The summed E-state index contributed by atoms with van der Waals surface area (Å²) in [6.45, 7) is 2.97. The highest BCUT2D eigenvalue weighted by Gasteiger charge is 2.12. The summed E-state index contributed by atoms with van der Waals surface area (Å²) in [5.74, 6) is 1.04. The second-order valence-electron chi connectivity index (χ2n) is 3.83. The van der Waals surface area contributed by atoms with Crippen LogP contribution >= 0.6 is 0 Å². The number of nitrogens with two attached hydrogens (primary N) is 1. The predicted molar refractivity (Wildman–Crippen MR) is 57.5 cm³/mol. The third-order valence-corrected chi connectivity index (χ3v) is 2.80. The van der Waals surface area contributed by atoms with E-state index < -0.39 is 0 Å². The Bertz CT molecular complexity index is 322. The van der Waals surface area contributed by atoms with E-state index in [0.29, 0.717) is 0 Å². The van der Waals surface area contributed by atoms with Gasteiger partial charge in [-0.1, -0.05) is 19.1 Å². The molecule has 0 radical (unpaired) electrons. The Kier molecular flexibility index (Phi) is 2.73. The molecule has 0 amide bonds. The standard InChI is InChI=1S/C12H17NO/c1-2-11(13)9-5-6-12-10(8-9)4-3-7-14-12/h5-6,8,11H,2-4,7,13H2,1H3. The summed E-state index contributed by atoms with van der Waals surface area (Å²) in [6.07, 6.45) is 3.23. The van der Waals surface area contributed by atoms with E-state index in [1.54, 1.807) is 0 Å². The molecule has 0 spiro atoms. The van der Waals surface area contributed by atoms with Gasteiger partial charge in [-0.05, 0) is 36.5 Å². The van der Waals surface area contributed by atoms with Crippen molar-refractivity contribution >= 4 is 0 Å². The molecular formula is C12H17NO. The van der Waals surface area contributed by atoms with Gasteiger partial charge >= 0.3 is 0 Å². The lowest BCUT2D eigenvalue weighted by molar-refractivity contribution is 0.288. The molecule has 76 valence electrons. The molecule has 1 aromatic carbocycles. The van der Waals surface area contributed by atoms with Gasteiger partial charge in [-0.25, -0.2) is 0 Å². The zero-order valence-electron chi connectivity index (χ0n) is 8.62. The van der Waals surface area contributed by atoms with Gasteiger partial charge in [-0.3, -0.25) is 0 Å². The number of fused-ring (bicyclic) bond motifs is 1. The van der Waals surface area contributed by atoms with Crippen molar-refractivity contribution in [1.82, 2.24) is 0 Å². The summed E-state index contributed by atoms with van der Waals surface area (Å²) in [5, 5.41) is 0. The highest BCUT2D eigenvalue weighted by Crippen LogP contribution is 2.27. The zero-order valence-corrected chi connectivity index (χ0v) is 8.62. The molecule has 0 aliphatic carbocycles. The largest absolute Gasteiger partial charge is 0.493 e. The Morgan fingerprint density at radius 1 is 1.50 bits per heavy atom. The van der Waals surface area contributed by atoms with Crippen LogP contribution < -0.4 is 10.5 Å². The molecule has 1 aromatic rings. The van der Waals surface area contributed by atoms with Crippen LogP contribution in [0.3, 0.4) is 0 Å². The van der Waals surface area contributed by atoms with E-state index in [0.717, 1.165) is 31.6 Å². The summed E-state index contributed by atoms with van der Waals surface area (Å²) >= 11 is 0. The maximum atomic E-state index is 5.99. The lowest BCUT2D eigenvalue weighted by Crippen LogP contribution is -2.12. The Balaban J connectivity index is 2.29. The summed E-state index contributed by atoms with van der Waals surface area (Å²) in [6, 6.07) is 6.50. The van der Waals surface area contributed by atoms with E-state index in [4.69, 9.17) is 10.5 Å². The third kappa shape index (κ3) is 1.75. The SMILES string of the molecule is CCC(N)c1ccc2c(c1)CCCO2. The number of rotatable bonds is 2. The molecule has 1 aliphatic rings. The van der Waals surface area contributed by atoms with Gasteiger partial charge in [0.05, 0.1) is 6.61 Å². The van der Waals surface area contributed by atoms with Crippen LogP contribution in [0.4, 0.5) is 0 Å². The molecule has 2 nitrogen and oxygen atoms in total. The molecule has 0 saturated carbocycles. The second kappa shape index (κ2) is 4.01. The van der Waals surface area contributed by atoms with Crippen molar-refractivity contribution in [2.75, 3.05) is 6.61 Å². The van der Waals surface area contributed by atoms with E-state index in [9.17, 15) is 0 Å². The first-order valence-electron chi connectivity index (χ1n) is 5.32. The number of hydrogen-bond donors (Lipinski definition) is 1. The van der Waals surface area contributed by atoms with Crippen LogP contribution in [0.15, 0.2) is 18.2 Å². The van der Waals surface area contributed by atoms with Crippen LogP contribution in [-0.2, 0) is 6.42 Å². The number of ether oxygens (including phenoxy) is 1. The van der Waals surface area contributed by atoms with Crippen LogP contribution in [0.2, 0.25) is 0 Å². The predicted octanol–water partition coefficient (Wildman–Crippen LogP) is 2.42. The zero-order chi connectivity index (χ0) is 9.97. The Hall–Kier alpha value is -1.02. The second-order valence-corrected chi connectivity index (χ2v) is 3.83. The number of hydrogen-bond acceptors (Lipinski definition) is 2. The van der Waals surface area contributed by atoms with E-state index in [1.807, 2.05) is 0 Å². The van der Waals surface area contributed by atoms with Gasteiger partial charge in [0.1, 0.15) is 5.75 Å². The van der Waals surface area contributed by atoms with Crippen molar-refractivity contribution in [3.63, 3.8) is 0 Å². The van der Waals surface area contributed by atoms with Crippen molar-refractivity contribution in [2.45, 2.75) is 32.2 Å². The van der Waals surface area contributed by atoms with Crippen LogP contribution in [-0.4, -0.2) is 6.61 Å². The summed E-state index contributed by atoms with van der Waals surface area (Å²) in [5.41, 5.74) is 8.54. The van der Waals surface area contributed by atoms with Crippen molar-refractivity contribution in [1.29, 1.82) is 0 Å². The van der Waals surface area contributed by atoms with Crippen LogP contribution in [0, 0.1) is 0 Å². The Morgan fingerprint density at radius 2 is 2.36 bits per heavy atom. The molecule has 0 aromatic heterocycles. The molecule has 0 bridgehead atoms. The number of aryl methyl sites for hydroxylation is 1. The topological polar surface area (TPSA) is 35.2 Å². The van der Waals surface area contributed by atoms with Crippen LogP contribution in [0.25, 0.3) is 0 Å². The monoisotopic (exact) mass is 191 g/mol. The fourth-order valence-electron chi connectivity index (χ4n) is 1.85. The first-order chi connectivity index (χ1) is 6.81.